The molecule has 0 saturated carbocycles. The van der Waals surface area contributed by atoms with Gasteiger partial charge >= 0.3 is 0 Å². The van der Waals surface area contributed by atoms with E-state index in [1.54, 1.807) is 10.9 Å². The zero-order valence-corrected chi connectivity index (χ0v) is 9.60. The number of pyridine rings is 1. The van der Waals surface area contributed by atoms with Crippen LogP contribution < -0.4 is 5.32 Å². The minimum Gasteiger partial charge on any atom is -0.311 e. The zero-order valence-electron chi connectivity index (χ0n) is 9.60. The third-order valence-electron chi connectivity index (χ3n) is 2.25. The Morgan fingerprint density at radius 2 is 2.29 bits per heavy atom. The van der Waals surface area contributed by atoms with Gasteiger partial charge in [-0.1, -0.05) is 12.1 Å². The van der Waals surface area contributed by atoms with Crippen molar-refractivity contribution in [2.75, 3.05) is 6.54 Å². The average molecular weight is 235 g/mol. The van der Waals surface area contributed by atoms with Crippen LogP contribution in [0.1, 0.15) is 18.2 Å². The second kappa shape index (κ2) is 5.49. The quantitative estimate of drug-likeness (QED) is 0.839. The minimum atomic E-state index is -0.338. The fraction of sp³-hybridized carbons (Fsp3) is 0.364. The maximum atomic E-state index is 12.9. The molecule has 0 amide bonds. The molecule has 0 aliphatic carbocycles. The lowest BCUT2D eigenvalue weighted by Gasteiger charge is -1.99. The van der Waals surface area contributed by atoms with Gasteiger partial charge in [0.25, 0.3) is 0 Å². The third-order valence-corrected chi connectivity index (χ3v) is 2.25. The van der Waals surface area contributed by atoms with Crippen LogP contribution in [0.15, 0.2) is 24.7 Å². The van der Waals surface area contributed by atoms with Crippen LogP contribution in [0.3, 0.4) is 0 Å². The van der Waals surface area contributed by atoms with Gasteiger partial charge < -0.3 is 5.32 Å². The molecule has 0 aliphatic heterocycles. The molecule has 0 spiro atoms. The van der Waals surface area contributed by atoms with E-state index in [4.69, 9.17) is 0 Å². The molecule has 0 bridgehead atoms. The summed E-state index contributed by atoms with van der Waals surface area (Å²) in [7, 11) is 0. The summed E-state index contributed by atoms with van der Waals surface area (Å²) in [6.07, 6.45) is 4.64. The first-order chi connectivity index (χ1) is 8.28. The lowest BCUT2D eigenvalue weighted by Crippen LogP contribution is -2.11. The fourth-order valence-corrected chi connectivity index (χ4v) is 1.48. The van der Waals surface area contributed by atoms with Gasteiger partial charge in [-0.25, -0.2) is 9.07 Å². The Labute approximate surface area is 98.7 Å². The molecule has 0 atom stereocenters. The molecule has 6 heteroatoms. The predicted octanol–water partition coefficient (Wildman–Crippen LogP) is 0.970. The number of hydrogen-bond donors (Lipinski definition) is 1. The lowest BCUT2D eigenvalue weighted by atomic mass is 10.3. The van der Waals surface area contributed by atoms with Crippen LogP contribution in [0.25, 0.3) is 0 Å². The summed E-state index contributed by atoms with van der Waals surface area (Å²) in [5.41, 5.74) is 1.64. The average Bonchev–Trinajstić information content (AvgIpc) is 2.74. The zero-order chi connectivity index (χ0) is 12.1. The Hall–Kier alpha value is -1.82. The first-order valence-corrected chi connectivity index (χ1v) is 5.47. The molecule has 2 heterocycles. The van der Waals surface area contributed by atoms with Gasteiger partial charge in [-0.2, -0.15) is 0 Å². The van der Waals surface area contributed by atoms with Gasteiger partial charge in [0, 0.05) is 12.7 Å². The molecule has 0 radical (unpaired) electrons. The van der Waals surface area contributed by atoms with Gasteiger partial charge in [-0.3, -0.25) is 4.98 Å². The van der Waals surface area contributed by atoms with E-state index >= 15 is 0 Å². The molecule has 2 rings (SSSR count). The van der Waals surface area contributed by atoms with E-state index in [9.17, 15) is 4.39 Å². The Morgan fingerprint density at radius 3 is 3.06 bits per heavy atom. The van der Waals surface area contributed by atoms with Crippen molar-refractivity contribution in [3.63, 3.8) is 0 Å². The molecule has 0 unspecified atom stereocenters. The van der Waals surface area contributed by atoms with Crippen molar-refractivity contribution in [2.45, 2.75) is 20.0 Å². The fourth-order valence-electron chi connectivity index (χ4n) is 1.48. The summed E-state index contributed by atoms with van der Waals surface area (Å²) in [5.74, 6) is -0.338. The van der Waals surface area contributed by atoms with Crippen LogP contribution in [-0.2, 0) is 13.1 Å². The van der Waals surface area contributed by atoms with Gasteiger partial charge in [-0.15, -0.1) is 5.10 Å². The van der Waals surface area contributed by atoms with Crippen molar-refractivity contribution in [1.82, 2.24) is 25.3 Å². The number of nitrogens with one attached hydrogen (secondary N) is 1. The molecule has 0 fully saturated rings. The molecular weight excluding hydrogens is 221 g/mol. The standard InChI is InChI=1S/C11H14FN5/c1-2-13-6-11-8-17(16-15-11)7-9-3-10(12)5-14-4-9/h3-5,8,13H,2,6-7H2,1H3. The van der Waals surface area contributed by atoms with E-state index in [-0.39, 0.29) is 5.82 Å². The highest BCUT2D eigenvalue weighted by atomic mass is 19.1. The van der Waals surface area contributed by atoms with E-state index in [0.717, 1.165) is 17.8 Å². The maximum Gasteiger partial charge on any atom is 0.141 e. The largest absolute Gasteiger partial charge is 0.311 e. The van der Waals surface area contributed by atoms with E-state index in [1.165, 1.54) is 12.3 Å². The van der Waals surface area contributed by atoms with E-state index in [0.29, 0.717) is 13.1 Å². The maximum absolute atomic E-state index is 12.9. The summed E-state index contributed by atoms with van der Waals surface area (Å²) >= 11 is 0. The Balaban J connectivity index is 2.01. The van der Waals surface area contributed by atoms with Crippen LogP contribution in [0.5, 0.6) is 0 Å². The van der Waals surface area contributed by atoms with Crippen molar-refractivity contribution in [3.05, 3.63) is 41.7 Å². The normalized spacial score (nSPS) is 10.7. The molecule has 1 N–H and O–H groups in total. The molecular formula is C11H14FN5. The number of aromatic nitrogens is 4. The topological polar surface area (TPSA) is 55.6 Å². The van der Waals surface area contributed by atoms with Crippen molar-refractivity contribution < 1.29 is 4.39 Å². The lowest BCUT2D eigenvalue weighted by molar-refractivity contribution is 0.606. The molecule has 0 aromatic carbocycles. The summed E-state index contributed by atoms with van der Waals surface area (Å²) in [6, 6.07) is 1.44. The molecule has 5 nitrogen and oxygen atoms in total. The van der Waals surface area contributed by atoms with E-state index in [2.05, 4.69) is 20.6 Å². The van der Waals surface area contributed by atoms with Gasteiger partial charge in [0.05, 0.1) is 24.6 Å². The van der Waals surface area contributed by atoms with Crippen LogP contribution in [0, 0.1) is 5.82 Å². The highest BCUT2D eigenvalue weighted by molar-refractivity contribution is 5.10. The van der Waals surface area contributed by atoms with Crippen LogP contribution in [0.4, 0.5) is 4.39 Å². The smallest absolute Gasteiger partial charge is 0.141 e. The second-order valence-electron chi connectivity index (χ2n) is 3.70. The Kier molecular flexibility index (Phi) is 3.77. The summed E-state index contributed by atoms with van der Waals surface area (Å²) in [5, 5.41) is 11.1. The first kappa shape index (κ1) is 11.7. The minimum absolute atomic E-state index is 0.338. The van der Waals surface area contributed by atoms with E-state index < -0.39 is 0 Å². The summed E-state index contributed by atoms with van der Waals surface area (Å²) in [6.45, 7) is 4.09. The van der Waals surface area contributed by atoms with Gasteiger partial charge in [0.2, 0.25) is 0 Å². The molecule has 17 heavy (non-hydrogen) atoms. The number of rotatable bonds is 5. The highest BCUT2D eigenvalue weighted by Gasteiger charge is 2.02. The molecule has 0 aliphatic rings. The number of nitrogens with zero attached hydrogens (tertiary/aromatic N) is 4. The van der Waals surface area contributed by atoms with Gasteiger partial charge in [0.1, 0.15) is 5.82 Å². The number of hydrogen-bond acceptors (Lipinski definition) is 4. The van der Waals surface area contributed by atoms with Crippen LogP contribution in [0.2, 0.25) is 0 Å². The predicted molar refractivity (Wildman–Crippen MR) is 60.7 cm³/mol. The van der Waals surface area contributed by atoms with Gasteiger partial charge in [0.15, 0.2) is 0 Å². The van der Waals surface area contributed by atoms with Crippen molar-refractivity contribution >= 4 is 0 Å². The number of halogens is 1. The van der Waals surface area contributed by atoms with Gasteiger partial charge in [-0.05, 0) is 18.2 Å². The van der Waals surface area contributed by atoms with Crippen LogP contribution in [-0.4, -0.2) is 26.5 Å². The SMILES string of the molecule is CCNCc1cn(Cc2cncc(F)c2)nn1. The van der Waals surface area contributed by atoms with E-state index in [1.807, 2.05) is 13.1 Å². The second-order valence-corrected chi connectivity index (χ2v) is 3.70. The molecule has 2 aromatic heterocycles. The third kappa shape index (κ3) is 3.32. The first-order valence-electron chi connectivity index (χ1n) is 5.47. The summed E-state index contributed by atoms with van der Waals surface area (Å²) in [4.78, 5) is 3.79. The Morgan fingerprint density at radius 1 is 1.41 bits per heavy atom. The summed E-state index contributed by atoms with van der Waals surface area (Å²) < 4.78 is 14.6. The molecule has 0 saturated heterocycles. The Bertz CT molecular complexity index is 482. The van der Waals surface area contributed by atoms with Crippen molar-refractivity contribution in [2.24, 2.45) is 0 Å². The van der Waals surface area contributed by atoms with Crippen molar-refractivity contribution in [3.8, 4) is 0 Å². The van der Waals surface area contributed by atoms with Crippen molar-refractivity contribution in [1.29, 1.82) is 0 Å². The van der Waals surface area contributed by atoms with Crippen LogP contribution >= 0.6 is 0 Å². The molecule has 90 valence electrons. The molecule has 2 aromatic rings. The highest BCUT2D eigenvalue weighted by Crippen LogP contribution is 2.03. The monoisotopic (exact) mass is 235 g/mol.